The lowest BCUT2D eigenvalue weighted by Gasteiger charge is -2.14. The Balaban J connectivity index is 2.34. The Morgan fingerprint density at radius 2 is 1.95 bits per heavy atom. The first-order chi connectivity index (χ1) is 9.20. The minimum atomic E-state index is -0.366. The molecule has 19 heavy (non-hydrogen) atoms. The summed E-state index contributed by atoms with van der Waals surface area (Å²) in [5.41, 5.74) is 1.02. The molecular formula is C14H8FN3O. The van der Waals surface area contributed by atoms with E-state index in [1.54, 1.807) is 6.07 Å². The van der Waals surface area contributed by atoms with E-state index in [-0.39, 0.29) is 17.5 Å². The molecule has 0 atom stereocenters. The lowest BCUT2D eigenvalue weighted by molar-refractivity contribution is 0.437. The van der Waals surface area contributed by atoms with Crippen molar-refractivity contribution in [1.82, 2.24) is 14.5 Å². The standard InChI is InChI=1S/C14H8FN3O/c1-2-12-17-13-11(7-8-16-13)14(19)18(12)10-5-3-9(15)4-6-10/h1,3-8,19H. The Bertz CT molecular complexity index is 756. The van der Waals surface area contributed by atoms with Gasteiger partial charge in [0.15, 0.2) is 11.6 Å². The second kappa shape index (κ2) is 4.10. The highest BCUT2D eigenvalue weighted by molar-refractivity contribution is 5.65. The van der Waals surface area contributed by atoms with Crippen molar-refractivity contribution in [2.45, 2.75) is 0 Å². The summed E-state index contributed by atoms with van der Waals surface area (Å²) >= 11 is 0. The predicted molar refractivity (Wildman–Crippen MR) is 67.5 cm³/mol. The van der Waals surface area contributed by atoms with E-state index < -0.39 is 0 Å². The second-order valence-electron chi connectivity index (χ2n) is 3.90. The summed E-state index contributed by atoms with van der Waals surface area (Å²) in [5, 5.41) is 10.3. The van der Waals surface area contributed by atoms with Gasteiger partial charge in [0.05, 0.1) is 11.3 Å². The molecule has 3 rings (SSSR count). The van der Waals surface area contributed by atoms with E-state index in [0.29, 0.717) is 17.1 Å². The molecule has 92 valence electrons. The van der Waals surface area contributed by atoms with Crippen molar-refractivity contribution in [2.24, 2.45) is 0 Å². The van der Waals surface area contributed by atoms with E-state index >= 15 is 0 Å². The number of nitrogens with zero attached hydrogens (tertiary/aromatic N) is 3. The molecule has 2 aliphatic heterocycles. The first-order valence-corrected chi connectivity index (χ1v) is 5.49. The van der Waals surface area contributed by atoms with E-state index in [1.165, 1.54) is 35.0 Å². The van der Waals surface area contributed by atoms with Crippen LogP contribution in [0.15, 0.2) is 36.5 Å². The van der Waals surface area contributed by atoms with Crippen LogP contribution in [0.1, 0.15) is 5.82 Å². The molecule has 0 saturated heterocycles. The van der Waals surface area contributed by atoms with Gasteiger partial charge in [-0.05, 0) is 36.3 Å². The van der Waals surface area contributed by atoms with Crippen LogP contribution >= 0.6 is 0 Å². The van der Waals surface area contributed by atoms with E-state index in [2.05, 4.69) is 15.9 Å². The average molecular weight is 253 g/mol. The second-order valence-corrected chi connectivity index (χ2v) is 3.90. The first-order valence-electron chi connectivity index (χ1n) is 5.49. The fourth-order valence-corrected chi connectivity index (χ4v) is 1.89. The maximum atomic E-state index is 13.0. The molecule has 0 unspecified atom stereocenters. The maximum absolute atomic E-state index is 13.0. The molecule has 0 radical (unpaired) electrons. The average Bonchev–Trinajstić information content (AvgIpc) is 2.88. The van der Waals surface area contributed by atoms with Gasteiger partial charge in [0.2, 0.25) is 5.88 Å². The summed E-state index contributed by atoms with van der Waals surface area (Å²) in [4.78, 5) is 8.17. The van der Waals surface area contributed by atoms with Crippen molar-refractivity contribution in [2.75, 3.05) is 0 Å². The van der Waals surface area contributed by atoms with E-state index in [9.17, 15) is 9.50 Å². The van der Waals surface area contributed by atoms with Gasteiger partial charge in [0.1, 0.15) is 5.82 Å². The number of terminal acetylenes is 1. The molecule has 2 aliphatic rings. The molecule has 0 spiro atoms. The molecule has 1 aromatic rings. The van der Waals surface area contributed by atoms with E-state index in [4.69, 9.17) is 6.42 Å². The van der Waals surface area contributed by atoms with Crippen molar-refractivity contribution in [3.63, 3.8) is 0 Å². The quantitative estimate of drug-likeness (QED) is 0.676. The Labute approximate surface area is 108 Å². The lowest BCUT2D eigenvalue weighted by Crippen LogP contribution is -2.07. The highest BCUT2D eigenvalue weighted by Crippen LogP contribution is 2.31. The van der Waals surface area contributed by atoms with Gasteiger partial charge in [0, 0.05) is 6.20 Å². The SMILES string of the molecule is C#Cc1nc2nccc-2c(O)n1-c1ccc(F)cc1. The van der Waals surface area contributed by atoms with Crippen LogP contribution in [0.3, 0.4) is 0 Å². The van der Waals surface area contributed by atoms with Crippen LogP contribution in [0.5, 0.6) is 5.88 Å². The molecule has 0 bridgehead atoms. The van der Waals surface area contributed by atoms with Crippen molar-refractivity contribution < 1.29 is 9.50 Å². The van der Waals surface area contributed by atoms with Gasteiger partial charge in [-0.15, -0.1) is 6.42 Å². The van der Waals surface area contributed by atoms with Crippen molar-refractivity contribution >= 4 is 0 Å². The number of hydrogen-bond acceptors (Lipinski definition) is 3. The van der Waals surface area contributed by atoms with Gasteiger partial charge in [-0.25, -0.2) is 14.4 Å². The minimum absolute atomic E-state index is 0.0675. The van der Waals surface area contributed by atoms with Gasteiger partial charge in [-0.1, -0.05) is 0 Å². The molecule has 0 saturated carbocycles. The topological polar surface area (TPSA) is 50.9 Å². The van der Waals surface area contributed by atoms with Crippen LogP contribution in [-0.4, -0.2) is 19.6 Å². The third-order valence-corrected chi connectivity index (χ3v) is 2.77. The van der Waals surface area contributed by atoms with Gasteiger partial charge < -0.3 is 5.11 Å². The molecule has 1 aromatic carbocycles. The van der Waals surface area contributed by atoms with Crippen LogP contribution in [0.25, 0.3) is 17.1 Å². The van der Waals surface area contributed by atoms with Crippen LogP contribution in [0.4, 0.5) is 4.39 Å². The Kier molecular flexibility index (Phi) is 2.43. The van der Waals surface area contributed by atoms with Crippen molar-refractivity contribution in [1.29, 1.82) is 0 Å². The number of aromatic nitrogens is 3. The first kappa shape index (κ1) is 11.2. The highest BCUT2D eigenvalue weighted by Gasteiger charge is 2.18. The zero-order valence-corrected chi connectivity index (χ0v) is 9.71. The zero-order valence-electron chi connectivity index (χ0n) is 9.71. The smallest absolute Gasteiger partial charge is 0.209 e. The number of halogens is 1. The van der Waals surface area contributed by atoms with Gasteiger partial charge in [-0.3, -0.25) is 4.57 Å². The van der Waals surface area contributed by atoms with E-state index in [0.717, 1.165) is 0 Å². The fraction of sp³-hybridized carbons (Fsp3) is 0. The Hall–Kier alpha value is -2.87. The summed E-state index contributed by atoms with van der Waals surface area (Å²) in [5.74, 6) is 2.54. The molecule has 4 nitrogen and oxygen atoms in total. The Morgan fingerprint density at radius 3 is 2.63 bits per heavy atom. The summed E-state index contributed by atoms with van der Waals surface area (Å²) in [7, 11) is 0. The monoisotopic (exact) mass is 253 g/mol. The van der Waals surface area contributed by atoms with Crippen LogP contribution < -0.4 is 0 Å². The largest absolute Gasteiger partial charge is 0.494 e. The zero-order chi connectivity index (χ0) is 13.4. The molecule has 5 heteroatoms. The number of fused-ring (bicyclic) bond motifs is 1. The van der Waals surface area contributed by atoms with Gasteiger partial charge >= 0.3 is 0 Å². The fourth-order valence-electron chi connectivity index (χ4n) is 1.89. The molecule has 2 heterocycles. The molecule has 0 fully saturated rings. The van der Waals surface area contributed by atoms with Crippen LogP contribution in [-0.2, 0) is 0 Å². The summed E-state index contributed by atoms with van der Waals surface area (Å²) in [6.07, 6.45) is 6.93. The minimum Gasteiger partial charge on any atom is -0.494 e. The van der Waals surface area contributed by atoms with E-state index in [1.807, 2.05) is 0 Å². The van der Waals surface area contributed by atoms with Crippen LogP contribution in [0.2, 0.25) is 0 Å². The number of hydrogen-bond donors (Lipinski definition) is 1. The predicted octanol–water partition coefficient (Wildman–Crippen LogP) is 2.20. The molecule has 0 aromatic heterocycles. The van der Waals surface area contributed by atoms with Crippen LogP contribution in [0, 0.1) is 18.2 Å². The highest BCUT2D eigenvalue weighted by atomic mass is 19.1. The summed E-state index contributed by atoms with van der Waals surface area (Å²) in [6, 6.07) is 7.24. The molecular weight excluding hydrogens is 245 g/mol. The maximum Gasteiger partial charge on any atom is 0.209 e. The number of benzene rings is 1. The van der Waals surface area contributed by atoms with Crippen molar-refractivity contribution in [3.05, 3.63) is 48.2 Å². The van der Waals surface area contributed by atoms with Gasteiger partial charge in [-0.2, -0.15) is 0 Å². The molecule has 1 N–H and O–H groups in total. The number of aromatic hydroxyl groups is 1. The lowest BCUT2D eigenvalue weighted by atomic mass is 10.2. The number of rotatable bonds is 1. The third-order valence-electron chi connectivity index (χ3n) is 2.77. The Morgan fingerprint density at radius 1 is 1.21 bits per heavy atom. The molecule has 0 aliphatic carbocycles. The summed E-state index contributed by atoms with van der Waals surface area (Å²) < 4.78 is 14.3. The summed E-state index contributed by atoms with van der Waals surface area (Å²) in [6.45, 7) is 0. The van der Waals surface area contributed by atoms with Gasteiger partial charge in [0.25, 0.3) is 0 Å². The normalized spacial score (nSPS) is 10.5. The van der Waals surface area contributed by atoms with Crippen molar-refractivity contribution in [3.8, 4) is 35.3 Å². The third kappa shape index (κ3) is 1.70. The molecule has 0 amide bonds.